The van der Waals surface area contributed by atoms with E-state index in [1.165, 1.54) is 5.54 Å². The van der Waals surface area contributed by atoms with Crippen LogP contribution in [0.4, 0.5) is 0 Å². The van der Waals surface area contributed by atoms with Gasteiger partial charge >= 0.3 is 0 Å². The second-order valence-corrected chi connectivity index (χ2v) is 2.09. The first-order valence-electron chi connectivity index (χ1n) is 1.51. The molecule has 0 bridgehead atoms. The normalized spacial score (nSPS) is 6.00. The average Bonchev–Trinajstić information content (AvgIpc) is 1.69. The van der Waals surface area contributed by atoms with Crippen molar-refractivity contribution >= 4 is 46.4 Å². The molecule has 0 fully saturated rings. The predicted molar refractivity (Wildman–Crippen MR) is 41.7 cm³/mol. The monoisotopic (exact) mass is 192 g/mol. The van der Waals surface area contributed by atoms with Crippen molar-refractivity contribution in [1.82, 2.24) is 0 Å². The molecule has 48 valence electrons. The molecule has 0 spiro atoms. The van der Waals surface area contributed by atoms with E-state index in [9.17, 15) is 0 Å². The minimum absolute atomic E-state index is 0.0895. The van der Waals surface area contributed by atoms with Gasteiger partial charge in [-0.05, 0) is 5.54 Å². The molecule has 0 atom stereocenters. The molecule has 0 saturated carbocycles. The van der Waals surface area contributed by atoms with Crippen molar-refractivity contribution in [1.29, 1.82) is 0 Å². The van der Waals surface area contributed by atoms with Crippen LogP contribution in [-0.4, -0.2) is 0 Å². The van der Waals surface area contributed by atoms with Crippen LogP contribution in [-0.2, 0) is 0 Å². The maximum atomic E-state index is 4.96. The molecule has 0 rings (SSSR count). The molecule has 0 aliphatic carbocycles. The first-order valence-corrected chi connectivity index (χ1v) is 3.14. The summed E-state index contributed by atoms with van der Waals surface area (Å²) in [5.74, 6) is 0. The molecule has 0 radical (unpaired) electrons. The van der Waals surface area contributed by atoms with Crippen LogP contribution in [0.2, 0.25) is 0 Å². The average molecular weight is 194 g/mol. The minimum atomic E-state index is 0.0895. The highest BCUT2D eigenvalue weighted by Crippen LogP contribution is 2.05. The van der Waals surface area contributed by atoms with Gasteiger partial charge in [-0.2, -0.15) is 0 Å². The van der Waals surface area contributed by atoms with Gasteiger partial charge in [0.2, 0.25) is 0 Å². The van der Waals surface area contributed by atoms with Crippen LogP contribution in [0.3, 0.4) is 0 Å². The largest absolute Gasteiger partial charge is 0.118 e. The van der Waals surface area contributed by atoms with E-state index in [0.717, 1.165) is 5.54 Å². The third kappa shape index (κ3) is 30.3. The van der Waals surface area contributed by atoms with Crippen LogP contribution >= 0.6 is 46.4 Å². The molecule has 0 aliphatic heterocycles. The van der Waals surface area contributed by atoms with Crippen LogP contribution in [0.5, 0.6) is 0 Å². The lowest BCUT2D eigenvalue weighted by atomic mass is 11.2. The summed E-state index contributed by atoms with van der Waals surface area (Å²) in [5.41, 5.74) is 2.31. The molecule has 0 unspecified atom stereocenters. The first kappa shape index (κ1) is 11.4. The third-order valence-electron chi connectivity index (χ3n) is 0.0825. The molecule has 8 heavy (non-hydrogen) atoms. The Bertz CT molecular complexity index is 72.1. The molecule has 0 aromatic heterocycles. The lowest BCUT2D eigenvalue weighted by Crippen LogP contribution is -1.33. The summed E-state index contributed by atoms with van der Waals surface area (Å²) in [7, 11) is 0. The Morgan fingerprint density at radius 1 is 1.25 bits per heavy atom. The van der Waals surface area contributed by atoms with E-state index in [1.54, 1.807) is 0 Å². The number of hydrogen-bond donors (Lipinski definition) is 0. The van der Waals surface area contributed by atoms with E-state index in [1.807, 2.05) is 0 Å². The van der Waals surface area contributed by atoms with Crippen molar-refractivity contribution in [2.24, 2.45) is 0 Å². The Labute approximate surface area is 68.7 Å². The fourth-order valence-electron chi connectivity index (χ4n) is 0. The maximum Gasteiger partial charge on any atom is 0.118 e. The number of halogens is 4. The van der Waals surface area contributed by atoms with Gasteiger partial charge in [-0.15, -0.1) is 0 Å². The molecular weight excluding hydrogens is 190 g/mol. The van der Waals surface area contributed by atoms with Crippen molar-refractivity contribution in [3.8, 4) is 0 Å². The Balaban J connectivity index is 0. The van der Waals surface area contributed by atoms with Crippen LogP contribution in [0.1, 0.15) is 0 Å². The van der Waals surface area contributed by atoms with E-state index < -0.39 is 0 Å². The highest BCUT2D eigenvalue weighted by Gasteiger charge is 1.70. The molecule has 0 aliphatic rings. The fraction of sp³-hybridized carbons (Fsp3) is 0. The molecule has 4 heteroatoms. The molecule has 0 amide bonds. The van der Waals surface area contributed by atoms with E-state index in [4.69, 9.17) is 46.4 Å². The summed E-state index contributed by atoms with van der Waals surface area (Å²) >= 11 is 19.6. The summed E-state index contributed by atoms with van der Waals surface area (Å²) in [4.78, 5) is 0. The second-order valence-electron chi connectivity index (χ2n) is 0.553. The van der Waals surface area contributed by atoms with Gasteiger partial charge in [0.1, 0.15) is 4.49 Å². The van der Waals surface area contributed by atoms with Crippen LogP contribution in [0.25, 0.3) is 0 Å². The quantitative estimate of drug-likeness (QED) is 0.548. The standard InChI is InChI=1S/C2HCl3.C2H3Cl/c3-1-2(4)5;1-2-3/h1H;2H,1H2. The highest BCUT2D eigenvalue weighted by molar-refractivity contribution is 6.58. The minimum Gasteiger partial charge on any atom is -0.0936 e. The van der Waals surface area contributed by atoms with Gasteiger partial charge in [0.25, 0.3) is 0 Å². The summed E-state index contributed by atoms with van der Waals surface area (Å²) in [6.07, 6.45) is 0. The van der Waals surface area contributed by atoms with Crippen molar-refractivity contribution in [2.45, 2.75) is 0 Å². The lowest BCUT2D eigenvalue weighted by Gasteiger charge is -1.64. The van der Waals surface area contributed by atoms with Gasteiger partial charge in [0.15, 0.2) is 0 Å². The van der Waals surface area contributed by atoms with Crippen LogP contribution < -0.4 is 0 Å². The molecule has 0 N–H and O–H groups in total. The predicted octanol–water partition coefficient (Wildman–Crippen LogP) is 3.87. The Kier molecular flexibility index (Phi) is 15.1. The van der Waals surface area contributed by atoms with Crippen molar-refractivity contribution in [3.05, 3.63) is 22.1 Å². The summed E-state index contributed by atoms with van der Waals surface area (Å²) in [6.45, 7) is 3.13. The first-order chi connectivity index (χ1) is 3.68. The third-order valence-corrected chi connectivity index (χ3v) is 0.742. The zero-order chi connectivity index (χ0) is 6.99. The van der Waals surface area contributed by atoms with Crippen molar-refractivity contribution in [3.63, 3.8) is 0 Å². The van der Waals surface area contributed by atoms with Gasteiger partial charge < -0.3 is 0 Å². The molecule has 0 aromatic rings. The summed E-state index contributed by atoms with van der Waals surface area (Å²) < 4.78 is 0.0895. The van der Waals surface area contributed by atoms with Crippen LogP contribution in [0, 0.1) is 0 Å². The molecule has 0 aromatic carbocycles. The van der Waals surface area contributed by atoms with Gasteiger partial charge in [0.05, 0.1) is 0 Å². The Morgan fingerprint density at radius 3 is 1.38 bits per heavy atom. The van der Waals surface area contributed by atoms with Gasteiger partial charge in [0, 0.05) is 5.54 Å². The summed E-state index contributed by atoms with van der Waals surface area (Å²) in [6, 6.07) is 0. The maximum absolute atomic E-state index is 4.96. The zero-order valence-corrected chi connectivity index (χ0v) is 6.90. The van der Waals surface area contributed by atoms with Gasteiger partial charge in [-0.1, -0.05) is 53.0 Å². The Hall–Kier alpha value is 0.640. The molecule has 0 heterocycles. The number of hydrogen-bond acceptors (Lipinski definition) is 0. The van der Waals surface area contributed by atoms with Crippen molar-refractivity contribution in [2.75, 3.05) is 0 Å². The van der Waals surface area contributed by atoms with Crippen LogP contribution in [0.15, 0.2) is 22.1 Å². The zero-order valence-electron chi connectivity index (χ0n) is 3.87. The fourth-order valence-corrected chi connectivity index (χ4v) is 0. The van der Waals surface area contributed by atoms with E-state index >= 15 is 0 Å². The number of rotatable bonds is 0. The smallest absolute Gasteiger partial charge is 0.0936 e. The SMILES string of the molecule is C=CCl.ClC=C(Cl)Cl. The molecular formula is C4H4Cl4. The Morgan fingerprint density at radius 2 is 1.38 bits per heavy atom. The summed E-state index contributed by atoms with van der Waals surface area (Å²) in [5, 5.41) is 0. The van der Waals surface area contributed by atoms with E-state index in [-0.39, 0.29) is 4.49 Å². The topological polar surface area (TPSA) is 0 Å². The van der Waals surface area contributed by atoms with E-state index in [0.29, 0.717) is 0 Å². The highest BCUT2D eigenvalue weighted by atomic mass is 35.5. The molecule has 0 saturated heterocycles. The second kappa shape index (κ2) is 10.6. The van der Waals surface area contributed by atoms with E-state index in [2.05, 4.69) is 6.58 Å². The van der Waals surface area contributed by atoms with Gasteiger partial charge in [-0.25, -0.2) is 0 Å². The lowest BCUT2D eigenvalue weighted by molar-refractivity contribution is 2.36. The van der Waals surface area contributed by atoms with Crippen molar-refractivity contribution < 1.29 is 0 Å². The van der Waals surface area contributed by atoms with Gasteiger partial charge in [-0.3, -0.25) is 0 Å². The molecule has 0 nitrogen and oxygen atoms in total.